The zero-order chi connectivity index (χ0) is 22.5. The van der Waals surface area contributed by atoms with Gasteiger partial charge in [0.15, 0.2) is 5.75 Å². The zero-order valence-corrected chi connectivity index (χ0v) is 18.9. The number of nitrogens with zero attached hydrogens (tertiary/aromatic N) is 1. The number of hydrogen-bond acceptors (Lipinski definition) is 4. The Morgan fingerprint density at radius 3 is 2.38 bits per heavy atom. The summed E-state index contributed by atoms with van der Waals surface area (Å²) in [7, 11) is 0. The van der Waals surface area contributed by atoms with Crippen LogP contribution in [0.3, 0.4) is 0 Å². The van der Waals surface area contributed by atoms with Gasteiger partial charge in [0, 0.05) is 34.6 Å². The van der Waals surface area contributed by atoms with Crippen LogP contribution in [0.2, 0.25) is 15.1 Å². The van der Waals surface area contributed by atoms with E-state index in [1.54, 1.807) is 48.7 Å². The summed E-state index contributed by atoms with van der Waals surface area (Å²) >= 11 is 19.0. The third-order valence-corrected chi connectivity index (χ3v) is 5.41. The van der Waals surface area contributed by atoms with Gasteiger partial charge in [-0.15, -0.1) is 0 Å². The largest absolute Gasteiger partial charge is 0.489 e. The van der Waals surface area contributed by atoms with Gasteiger partial charge >= 0.3 is 5.97 Å². The van der Waals surface area contributed by atoms with Crippen LogP contribution in [0.5, 0.6) is 11.5 Å². The van der Waals surface area contributed by atoms with E-state index in [1.165, 1.54) is 6.20 Å². The van der Waals surface area contributed by atoms with Crippen LogP contribution >= 0.6 is 34.8 Å². The second-order valence-electron chi connectivity index (χ2n) is 6.81. The van der Waals surface area contributed by atoms with Crippen molar-refractivity contribution in [3.05, 3.63) is 111 Å². The van der Waals surface area contributed by atoms with E-state index in [9.17, 15) is 4.79 Å². The van der Waals surface area contributed by atoms with Crippen molar-refractivity contribution in [2.24, 2.45) is 0 Å². The average molecular weight is 485 g/mol. The van der Waals surface area contributed by atoms with Crippen LogP contribution in [0.15, 0.2) is 85.2 Å². The molecule has 1 heterocycles. The number of hydrogen-bond donors (Lipinski definition) is 0. The first-order valence-corrected chi connectivity index (χ1v) is 10.7. The Hall–Kier alpha value is -3.05. The lowest BCUT2D eigenvalue weighted by Crippen LogP contribution is -2.10. The molecule has 0 saturated carbocycles. The fourth-order valence-corrected chi connectivity index (χ4v) is 3.80. The summed E-state index contributed by atoms with van der Waals surface area (Å²) in [5.74, 6) is 0.0714. The summed E-state index contributed by atoms with van der Waals surface area (Å²) in [5, 5.41) is 1.07. The first kappa shape index (κ1) is 22.2. The first-order valence-electron chi connectivity index (χ1n) is 9.59. The van der Waals surface area contributed by atoms with Crippen molar-refractivity contribution in [2.75, 3.05) is 0 Å². The van der Waals surface area contributed by atoms with Crippen LogP contribution in [0.1, 0.15) is 15.9 Å². The molecule has 0 N–H and O–H groups in total. The minimum absolute atomic E-state index is 0.164. The molecule has 4 aromatic rings. The highest BCUT2D eigenvalue weighted by Gasteiger charge is 2.20. The maximum Gasteiger partial charge on any atom is 0.345 e. The van der Waals surface area contributed by atoms with Gasteiger partial charge in [-0.3, -0.25) is 4.98 Å². The Labute approximate surface area is 200 Å². The van der Waals surface area contributed by atoms with Crippen LogP contribution < -0.4 is 9.47 Å². The van der Waals surface area contributed by atoms with Crippen LogP contribution in [-0.4, -0.2) is 11.0 Å². The van der Waals surface area contributed by atoms with Crippen LogP contribution in [0.25, 0.3) is 11.1 Å². The quantitative estimate of drug-likeness (QED) is 0.210. The second kappa shape index (κ2) is 10.0. The molecule has 0 aliphatic rings. The average Bonchev–Trinajstić information content (AvgIpc) is 2.80. The molecule has 1 aromatic heterocycles. The Bertz CT molecular complexity index is 1250. The predicted molar refractivity (Wildman–Crippen MR) is 127 cm³/mol. The van der Waals surface area contributed by atoms with E-state index in [-0.39, 0.29) is 10.8 Å². The topological polar surface area (TPSA) is 48.4 Å². The molecule has 0 atom stereocenters. The number of ether oxygens (including phenoxy) is 2. The van der Waals surface area contributed by atoms with E-state index in [0.717, 1.165) is 5.56 Å². The number of carbonyl (C=O) groups is 1. The standard InChI is InChI=1S/C25H16Cl3NO3/c26-18-8-9-20(22(27)11-18)21-12-19(31-15-16-5-2-1-3-6-16)13-23(28)24(21)32-25(30)17-7-4-10-29-14-17/h1-14H,15H2. The molecule has 0 spiro atoms. The van der Waals surface area contributed by atoms with Gasteiger partial charge in [0.1, 0.15) is 12.4 Å². The fraction of sp³-hybridized carbons (Fsp3) is 0.0400. The van der Waals surface area contributed by atoms with Crippen molar-refractivity contribution < 1.29 is 14.3 Å². The molecular formula is C25H16Cl3NO3. The number of pyridine rings is 1. The van der Waals surface area contributed by atoms with Gasteiger partial charge in [-0.2, -0.15) is 0 Å². The summed E-state index contributed by atoms with van der Waals surface area (Å²) in [6.45, 7) is 0.347. The number of rotatable bonds is 6. The van der Waals surface area contributed by atoms with Crippen LogP contribution in [-0.2, 0) is 6.61 Å². The number of carbonyl (C=O) groups excluding carboxylic acids is 1. The van der Waals surface area contributed by atoms with Crippen molar-refractivity contribution in [3.63, 3.8) is 0 Å². The molecule has 0 bridgehead atoms. The minimum Gasteiger partial charge on any atom is -0.489 e. The Kier molecular flexibility index (Phi) is 6.96. The zero-order valence-electron chi connectivity index (χ0n) is 16.6. The molecule has 7 heteroatoms. The second-order valence-corrected chi connectivity index (χ2v) is 8.06. The van der Waals surface area contributed by atoms with Crippen molar-refractivity contribution in [3.8, 4) is 22.6 Å². The molecular weight excluding hydrogens is 469 g/mol. The number of esters is 1. The molecule has 32 heavy (non-hydrogen) atoms. The predicted octanol–water partition coefficient (Wildman–Crippen LogP) is 7.51. The van der Waals surface area contributed by atoms with Crippen LogP contribution in [0, 0.1) is 0 Å². The number of halogens is 3. The van der Waals surface area contributed by atoms with Crippen molar-refractivity contribution in [2.45, 2.75) is 6.61 Å². The lowest BCUT2D eigenvalue weighted by Gasteiger charge is -2.16. The van der Waals surface area contributed by atoms with E-state index in [0.29, 0.717) is 39.1 Å². The highest BCUT2D eigenvalue weighted by atomic mass is 35.5. The van der Waals surface area contributed by atoms with Gasteiger partial charge < -0.3 is 9.47 Å². The van der Waals surface area contributed by atoms with E-state index in [1.807, 2.05) is 30.3 Å². The molecule has 4 nitrogen and oxygen atoms in total. The lowest BCUT2D eigenvalue weighted by atomic mass is 10.0. The maximum absolute atomic E-state index is 12.7. The molecule has 4 rings (SSSR count). The molecule has 0 saturated heterocycles. The lowest BCUT2D eigenvalue weighted by molar-refractivity contribution is 0.0735. The van der Waals surface area contributed by atoms with Gasteiger partial charge in [0.2, 0.25) is 0 Å². The molecule has 0 aliphatic carbocycles. The van der Waals surface area contributed by atoms with E-state index in [4.69, 9.17) is 44.3 Å². The van der Waals surface area contributed by atoms with Crippen LogP contribution in [0.4, 0.5) is 0 Å². The van der Waals surface area contributed by atoms with Crippen molar-refractivity contribution in [1.29, 1.82) is 0 Å². The van der Waals surface area contributed by atoms with Gasteiger partial charge in [-0.05, 0) is 35.9 Å². The Balaban J connectivity index is 1.73. The molecule has 160 valence electrons. The van der Waals surface area contributed by atoms with E-state index >= 15 is 0 Å². The van der Waals surface area contributed by atoms with Gasteiger partial charge in [-0.1, -0.05) is 71.2 Å². The maximum atomic E-state index is 12.7. The molecule has 3 aromatic carbocycles. The first-order chi connectivity index (χ1) is 15.5. The normalized spacial score (nSPS) is 10.6. The SMILES string of the molecule is O=C(Oc1c(Cl)cc(OCc2ccccc2)cc1-c1ccc(Cl)cc1Cl)c1cccnc1. The monoisotopic (exact) mass is 483 g/mol. The van der Waals surface area contributed by atoms with E-state index in [2.05, 4.69) is 4.98 Å². The molecule has 0 unspecified atom stereocenters. The summed E-state index contributed by atoms with van der Waals surface area (Å²) in [4.78, 5) is 16.6. The third kappa shape index (κ3) is 5.22. The number of benzene rings is 3. The Morgan fingerprint density at radius 2 is 1.66 bits per heavy atom. The highest BCUT2D eigenvalue weighted by molar-refractivity contribution is 6.37. The van der Waals surface area contributed by atoms with Gasteiger partial charge in [-0.25, -0.2) is 4.79 Å². The smallest absolute Gasteiger partial charge is 0.345 e. The third-order valence-electron chi connectivity index (χ3n) is 4.58. The summed E-state index contributed by atoms with van der Waals surface area (Å²) in [5.41, 5.74) is 2.39. The van der Waals surface area contributed by atoms with Crippen molar-refractivity contribution >= 4 is 40.8 Å². The molecule has 0 fully saturated rings. The number of aromatic nitrogens is 1. The highest BCUT2D eigenvalue weighted by Crippen LogP contribution is 2.43. The van der Waals surface area contributed by atoms with Crippen molar-refractivity contribution in [1.82, 2.24) is 4.98 Å². The summed E-state index contributed by atoms with van der Waals surface area (Å²) in [6, 6.07) is 21.4. The van der Waals surface area contributed by atoms with Gasteiger partial charge in [0.25, 0.3) is 0 Å². The Morgan fingerprint density at radius 1 is 0.844 bits per heavy atom. The summed E-state index contributed by atoms with van der Waals surface area (Å²) in [6.07, 6.45) is 2.99. The molecule has 0 amide bonds. The fourth-order valence-electron chi connectivity index (χ4n) is 3.04. The van der Waals surface area contributed by atoms with Gasteiger partial charge in [0.05, 0.1) is 15.6 Å². The minimum atomic E-state index is -0.593. The van der Waals surface area contributed by atoms with E-state index < -0.39 is 5.97 Å². The molecule has 0 radical (unpaired) electrons. The molecule has 0 aliphatic heterocycles. The summed E-state index contributed by atoms with van der Waals surface area (Å²) < 4.78 is 11.6.